The average Bonchev–Trinajstić information content (AvgIpc) is 2.61. The lowest BCUT2D eigenvalue weighted by atomic mass is 9.97. The summed E-state index contributed by atoms with van der Waals surface area (Å²) in [6.07, 6.45) is 6.41. The number of amides is 1. The molecule has 2 atom stereocenters. The molecule has 110 valence electrons. The molecule has 0 saturated heterocycles. The van der Waals surface area contributed by atoms with E-state index in [9.17, 15) is 4.79 Å². The van der Waals surface area contributed by atoms with E-state index in [-0.39, 0.29) is 5.91 Å². The number of carbonyl (C=O) groups is 1. The van der Waals surface area contributed by atoms with Gasteiger partial charge in [-0.15, -0.1) is 0 Å². The van der Waals surface area contributed by atoms with Crippen LogP contribution in [0.4, 0.5) is 5.69 Å². The summed E-state index contributed by atoms with van der Waals surface area (Å²) in [5, 5.41) is 6.39. The number of hydrogen-bond acceptors (Lipinski definition) is 2. The van der Waals surface area contributed by atoms with Gasteiger partial charge in [0.15, 0.2) is 0 Å². The molecule has 1 aromatic carbocycles. The molecule has 0 spiro atoms. The molecule has 0 heterocycles. The van der Waals surface area contributed by atoms with Crippen molar-refractivity contribution < 1.29 is 4.79 Å². The Hall–Kier alpha value is -1.35. The fourth-order valence-electron chi connectivity index (χ4n) is 2.95. The van der Waals surface area contributed by atoms with Crippen molar-refractivity contribution in [1.82, 2.24) is 5.32 Å². The van der Waals surface area contributed by atoms with Gasteiger partial charge in [0.05, 0.1) is 6.54 Å². The molecule has 1 amide bonds. The van der Waals surface area contributed by atoms with Crippen LogP contribution in [0.15, 0.2) is 24.3 Å². The van der Waals surface area contributed by atoms with Gasteiger partial charge in [-0.1, -0.05) is 38.3 Å². The molecule has 0 aromatic heterocycles. The van der Waals surface area contributed by atoms with Crippen LogP contribution in [0.25, 0.3) is 0 Å². The fraction of sp³-hybridized carbons (Fsp3) is 0.588. The van der Waals surface area contributed by atoms with Gasteiger partial charge in [-0.3, -0.25) is 4.79 Å². The van der Waals surface area contributed by atoms with Crippen LogP contribution in [0.1, 0.15) is 44.6 Å². The van der Waals surface area contributed by atoms with Crippen molar-refractivity contribution in [3.8, 4) is 0 Å². The van der Waals surface area contributed by atoms with Crippen molar-refractivity contribution in [2.24, 2.45) is 5.92 Å². The summed E-state index contributed by atoms with van der Waals surface area (Å²) < 4.78 is 0. The lowest BCUT2D eigenvalue weighted by Gasteiger charge is -2.22. The summed E-state index contributed by atoms with van der Waals surface area (Å²) in [5.74, 6) is 0.719. The van der Waals surface area contributed by atoms with E-state index in [4.69, 9.17) is 0 Å². The molecule has 20 heavy (non-hydrogen) atoms. The van der Waals surface area contributed by atoms with E-state index >= 15 is 0 Å². The molecule has 2 N–H and O–H groups in total. The van der Waals surface area contributed by atoms with E-state index in [1.165, 1.54) is 32.1 Å². The zero-order chi connectivity index (χ0) is 14.4. The third-order valence-corrected chi connectivity index (χ3v) is 4.19. The molecule has 3 nitrogen and oxygen atoms in total. The zero-order valence-corrected chi connectivity index (χ0v) is 12.6. The van der Waals surface area contributed by atoms with Crippen molar-refractivity contribution in [3.63, 3.8) is 0 Å². The van der Waals surface area contributed by atoms with Gasteiger partial charge >= 0.3 is 0 Å². The van der Waals surface area contributed by atoms with Gasteiger partial charge in [0.2, 0.25) is 5.91 Å². The second-order valence-electron chi connectivity index (χ2n) is 6.02. The van der Waals surface area contributed by atoms with Gasteiger partial charge in [-0.25, -0.2) is 0 Å². The van der Waals surface area contributed by atoms with Gasteiger partial charge in [0.25, 0.3) is 0 Å². The van der Waals surface area contributed by atoms with Crippen LogP contribution >= 0.6 is 0 Å². The van der Waals surface area contributed by atoms with Crippen LogP contribution in [0.5, 0.6) is 0 Å². The van der Waals surface area contributed by atoms with Crippen LogP contribution in [-0.2, 0) is 4.79 Å². The number of anilines is 1. The van der Waals surface area contributed by atoms with E-state index in [1.807, 2.05) is 31.2 Å². The lowest BCUT2D eigenvalue weighted by Crippen LogP contribution is -2.39. The molecule has 0 bridgehead atoms. The Bertz CT molecular complexity index is 444. The highest BCUT2D eigenvalue weighted by Crippen LogP contribution is 2.22. The summed E-state index contributed by atoms with van der Waals surface area (Å²) in [6, 6.07) is 8.40. The molecule has 1 aliphatic rings. The van der Waals surface area contributed by atoms with E-state index < -0.39 is 0 Å². The van der Waals surface area contributed by atoms with Gasteiger partial charge in [-0.2, -0.15) is 0 Å². The van der Waals surface area contributed by atoms with E-state index in [0.29, 0.717) is 18.5 Å². The number of benzene rings is 1. The predicted molar refractivity (Wildman–Crippen MR) is 83.8 cm³/mol. The summed E-state index contributed by atoms with van der Waals surface area (Å²) in [4.78, 5) is 12.0. The smallest absolute Gasteiger partial charge is 0.238 e. The van der Waals surface area contributed by atoms with Crippen LogP contribution in [0.2, 0.25) is 0 Å². The van der Waals surface area contributed by atoms with Crippen molar-refractivity contribution in [1.29, 1.82) is 0 Å². The average molecular weight is 274 g/mol. The molecule has 0 radical (unpaired) electrons. The van der Waals surface area contributed by atoms with Gasteiger partial charge in [0, 0.05) is 11.7 Å². The monoisotopic (exact) mass is 274 g/mol. The van der Waals surface area contributed by atoms with Gasteiger partial charge < -0.3 is 10.6 Å². The minimum atomic E-state index is 0.0482. The quantitative estimate of drug-likeness (QED) is 0.825. The Morgan fingerprint density at radius 3 is 2.85 bits per heavy atom. The number of rotatable bonds is 4. The van der Waals surface area contributed by atoms with Crippen molar-refractivity contribution in [3.05, 3.63) is 29.8 Å². The highest BCUT2D eigenvalue weighted by Gasteiger charge is 2.19. The number of hydrogen-bond donors (Lipinski definition) is 2. The van der Waals surface area contributed by atoms with Crippen molar-refractivity contribution in [2.75, 3.05) is 11.9 Å². The normalized spacial score (nSPS) is 23.1. The highest BCUT2D eigenvalue weighted by molar-refractivity contribution is 5.92. The summed E-state index contributed by atoms with van der Waals surface area (Å²) in [5.41, 5.74) is 2.04. The zero-order valence-electron chi connectivity index (χ0n) is 12.6. The maximum absolute atomic E-state index is 12.0. The van der Waals surface area contributed by atoms with E-state index in [1.54, 1.807) is 0 Å². The van der Waals surface area contributed by atoms with Gasteiger partial charge in [-0.05, 0) is 43.4 Å². The van der Waals surface area contributed by atoms with Crippen LogP contribution in [0, 0.1) is 12.8 Å². The number of carbonyl (C=O) groups excluding carboxylic acids is 1. The maximum atomic E-state index is 12.0. The van der Waals surface area contributed by atoms with Crippen molar-refractivity contribution >= 4 is 11.6 Å². The molecule has 1 fully saturated rings. The summed E-state index contributed by atoms with van der Waals surface area (Å²) in [7, 11) is 0. The maximum Gasteiger partial charge on any atom is 0.238 e. The SMILES string of the molecule is Cc1cccc(NC(=O)CNC2CCCCCC2C)c1. The number of nitrogens with one attached hydrogen (secondary N) is 2. The Balaban J connectivity index is 1.79. The van der Waals surface area contributed by atoms with E-state index in [2.05, 4.69) is 17.6 Å². The fourth-order valence-corrected chi connectivity index (χ4v) is 2.95. The van der Waals surface area contributed by atoms with E-state index in [0.717, 1.165) is 11.3 Å². The predicted octanol–water partition coefficient (Wildman–Crippen LogP) is 3.49. The Morgan fingerprint density at radius 2 is 2.05 bits per heavy atom. The molecular formula is C17H26N2O. The van der Waals surface area contributed by atoms with Crippen LogP contribution in [-0.4, -0.2) is 18.5 Å². The molecule has 3 heteroatoms. The molecular weight excluding hydrogens is 248 g/mol. The topological polar surface area (TPSA) is 41.1 Å². The first-order valence-electron chi connectivity index (χ1n) is 7.75. The Labute approximate surface area is 122 Å². The Morgan fingerprint density at radius 1 is 1.25 bits per heavy atom. The molecule has 0 aliphatic heterocycles. The van der Waals surface area contributed by atoms with Gasteiger partial charge in [0.1, 0.15) is 0 Å². The highest BCUT2D eigenvalue weighted by atomic mass is 16.1. The van der Waals surface area contributed by atoms with Crippen LogP contribution in [0.3, 0.4) is 0 Å². The third kappa shape index (κ3) is 4.64. The standard InChI is InChI=1S/C17H26N2O/c1-13-7-6-9-15(11-13)19-17(20)12-18-16-10-5-3-4-8-14(16)2/h6-7,9,11,14,16,18H,3-5,8,10,12H2,1-2H3,(H,19,20). The first kappa shape index (κ1) is 15.0. The molecule has 1 saturated carbocycles. The lowest BCUT2D eigenvalue weighted by molar-refractivity contribution is -0.115. The molecule has 2 unspecified atom stereocenters. The van der Waals surface area contributed by atoms with Crippen molar-refractivity contribution in [2.45, 2.75) is 52.0 Å². The minimum absolute atomic E-state index is 0.0482. The second-order valence-corrected chi connectivity index (χ2v) is 6.02. The largest absolute Gasteiger partial charge is 0.325 e. The first-order valence-corrected chi connectivity index (χ1v) is 7.75. The second kappa shape index (κ2) is 7.44. The summed E-state index contributed by atoms with van der Waals surface area (Å²) >= 11 is 0. The minimum Gasteiger partial charge on any atom is -0.325 e. The number of aryl methyl sites for hydroxylation is 1. The molecule has 2 rings (SSSR count). The third-order valence-electron chi connectivity index (χ3n) is 4.19. The first-order chi connectivity index (χ1) is 9.65. The van der Waals surface area contributed by atoms with Crippen LogP contribution < -0.4 is 10.6 Å². The molecule has 1 aromatic rings. The Kier molecular flexibility index (Phi) is 5.60. The summed E-state index contributed by atoms with van der Waals surface area (Å²) in [6.45, 7) is 4.73. The molecule has 1 aliphatic carbocycles.